The molecule has 1 aromatic carbocycles. The molecule has 0 heterocycles. The fraction of sp³-hybridized carbons (Fsp3) is 0.529. The van der Waals surface area contributed by atoms with E-state index in [4.69, 9.17) is 0 Å². The second kappa shape index (κ2) is 6.75. The molecule has 1 nitrogen and oxygen atoms in total. The van der Waals surface area contributed by atoms with Crippen molar-refractivity contribution >= 4 is 6.08 Å². The molecule has 1 rings (SSSR count). The Morgan fingerprint density at radius 3 is 2.61 bits per heavy atom. The van der Waals surface area contributed by atoms with Gasteiger partial charge in [0.2, 0.25) is 0 Å². The van der Waals surface area contributed by atoms with Crippen LogP contribution in [-0.2, 0) is 0 Å². The van der Waals surface area contributed by atoms with E-state index in [1.54, 1.807) is 0 Å². The van der Waals surface area contributed by atoms with Crippen molar-refractivity contribution in [1.29, 1.82) is 0 Å². The molecule has 0 saturated carbocycles. The molecule has 0 fully saturated rings. The lowest BCUT2D eigenvalue weighted by Gasteiger charge is -2.15. The molecule has 1 N–H and O–H groups in total. The molecule has 1 heteroatoms. The quantitative estimate of drug-likeness (QED) is 0.717. The van der Waals surface area contributed by atoms with Gasteiger partial charge in [-0.05, 0) is 50.2 Å². The van der Waals surface area contributed by atoms with Crippen LogP contribution in [0.2, 0.25) is 0 Å². The first kappa shape index (κ1) is 15.0. The van der Waals surface area contributed by atoms with Crippen LogP contribution in [0.1, 0.15) is 64.0 Å². The maximum Gasteiger partial charge on any atom is 0.0591 e. The number of aliphatic hydroxyl groups is 1. The first-order valence-electron chi connectivity index (χ1n) is 6.87. The molecule has 1 aromatic rings. The molecule has 0 unspecified atom stereocenters. The Morgan fingerprint density at radius 2 is 2.00 bits per heavy atom. The van der Waals surface area contributed by atoms with E-state index in [2.05, 4.69) is 50.3 Å². The molecule has 0 amide bonds. The fourth-order valence-corrected chi connectivity index (χ4v) is 1.89. The van der Waals surface area contributed by atoms with Crippen molar-refractivity contribution in [2.75, 3.05) is 0 Å². The maximum atomic E-state index is 9.61. The molecule has 100 valence electrons. The van der Waals surface area contributed by atoms with Crippen molar-refractivity contribution in [3.05, 3.63) is 41.5 Å². The summed E-state index contributed by atoms with van der Waals surface area (Å²) in [6, 6.07) is 8.68. The maximum absolute atomic E-state index is 9.61. The minimum Gasteiger partial charge on any atom is -0.390 e. The number of hydrogen-bond donors (Lipinski definition) is 1. The van der Waals surface area contributed by atoms with Gasteiger partial charge in [0.05, 0.1) is 5.60 Å². The SMILES string of the molecule is CC(C)c1cccc(C=CCCCC(C)(C)O)c1. The van der Waals surface area contributed by atoms with Crippen molar-refractivity contribution < 1.29 is 5.11 Å². The van der Waals surface area contributed by atoms with Crippen LogP contribution in [0.4, 0.5) is 0 Å². The van der Waals surface area contributed by atoms with E-state index in [0.717, 1.165) is 19.3 Å². The lowest BCUT2D eigenvalue weighted by molar-refractivity contribution is 0.0691. The van der Waals surface area contributed by atoms with Gasteiger partial charge in [0.1, 0.15) is 0 Å². The van der Waals surface area contributed by atoms with Crippen molar-refractivity contribution in [2.24, 2.45) is 0 Å². The van der Waals surface area contributed by atoms with Gasteiger partial charge < -0.3 is 5.11 Å². The summed E-state index contributed by atoms with van der Waals surface area (Å²) in [7, 11) is 0. The van der Waals surface area contributed by atoms with E-state index in [1.807, 2.05) is 13.8 Å². The van der Waals surface area contributed by atoms with Crippen LogP contribution >= 0.6 is 0 Å². The summed E-state index contributed by atoms with van der Waals surface area (Å²) >= 11 is 0. The van der Waals surface area contributed by atoms with E-state index < -0.39 is 5.60 Å². The third-order valence-electron chi connectivity index (χ3n) is 3.05. The van der Waals surface area contributed by atoms with Crippen LogP contribution in [0.3, 0.4) is 0 Å². The summed E-state index contributed by atoms with van der Waals surface area (Å²) in [5.74, 6) is 0.577. The van der Waals surface area contributed by atoms with E-state index in [9.17, 15) is 5.11 Å². The highest BCUT2D eigenvalue weighted by Crippen LogP contribution is 2.17. The molecule has 0 bridgehead atoms. The van der Waals surface area contributed by atoms with E-state index in [-0.39, 0.29) is 0 Å². The van der Waals surface area contributed by atoms with E-state index in [0.29, 0.717) is 5.92 Å². The number of unbranched alkanes of at least 4 members (excludes halogenated alkanes) is 1. The minimum atomic E-state index is -0.536. The third-order valence-corrected chi connectivity index (χ3v) is 3.05. The highest BCUT2D eigenvalue weighted by molar-refractivity contribution is 5.50. The average Bonchev–Trinajstić information content (AvgIpc) is 2.27. The van der Waals surface area contributed by atoms with Gasteiger partial charge >= 0.3 is 0 Å². The largest absolute Gasteiger partial charge is 0.390 e. The molecule has 0 aliphatic heterocycles. The second-order valence-corrected chi connectivity index (χ2v) is 5.93. The topological polar surface area (TPSA) is 20.2 Å². The van der Waals surface area contributed by atoms with Gasteiger partial charge in [-0.3, -0.25) is 0 Å². The van der Waals surface area contributed by atoms with Crippen LogP contribution in [0, 0.1) is 0 Å². The number of allylic oxidation sites excluding steroid dienone is 1. The van der Waals surface area contributed by atoms with Gasteiger partial charge in [-0.2, -0.15) is 0 Å². The molecule has 0 saturated heterocycles. The molecular weight excluding hydrogens is 220 g/mol. The number of hydrogen-bond acceptors (Lipinski definition) is 1. The molecule has 0 spiro atoms. The molecule has 0 aromatic heterocycles. The summed E-state index contributed by atoms with van der Waals surface area (Å²) in [6.07, 6.45) is 7.28. The van der Waals surface area contributed by atoms with E-state index in [1.165, 1.54) is 11.1 Å². The smallest absolute Gasteiger partial charge is 0.0591 e. The molecular formula is C17H26O. The summed E-state index contributed by atoms with van der Waals surface area (Å²) < 4.78 is 0. The lowest BCUT2D eigenvalue weighted by Crippen LogP contribution is -2.17. The first-order valence-corrected chi connectivity index (χ1v) is 6.87. The molecule has 0 aliphatic carbocycles. The van der Waals surface area contributed by atoms with Crippen molar-refractivity contribution in [1.82, 2.24) is 0 Å². The third kappa shape index (κ3) is 6.02. The predicted molar refractivity (Wildman–Crippen MR) is 79.7 cm³/mol. The molecule has 0 atom stereocenters. The zero-order valence-corrected chi connectivity index (χ0v) is 12.1. The Balaban J connectivity index is 2.45. The number of rotatable bonds is 6. The fourth-order valence-electron chi connectivity index (χ4n) is 1.89. The lowest BCUT2D eigenvalue weighted by atomic mass is 10.00. The monoisotopic (exact) mass is 246 g/mol. The summed E-state index contributed by atoms with van der Waals surface area (Å²) in [5, 5.41) is 9.61. The number of benzene rings is 1. The molecule has 0 aliphatic rings. The van der Waals surface area contributed by atoms with Gasteiger partial charge in [-0.1, -0.05) is 50.3 Å². The van der Waals surface area contributed by atoms with E-state index >= 15 is 0 Å². The van der Waals surface area contributed by atoms with Gasteiger partial charge in [-0.15, -0.1) is 0 Å². The summed E-state index contributed by atoms with van der Waals surface area (Å²) in [4.78, 5) is 0. The standard InChI is InChI=1S/C17H26O/c1-14(2)16-11-8-10-15(13-16)9-6-5-7-12-17(3,4)18/h6,8-11,13-14,18H,5,7,12H2,1-4H3. The summed E-state index contributed by atoms with van der Waals surface area (Å²) in [6.45, 7) is 8.16. The van der Waals surface area contributed by atoms with Gasteiger partial charge in [0.25, 0.3) is 0 Å². The van der Waals surface area contributed by atoms with Gasteiger partial charge in [0, 0.05) is 0 Å². The zero-order valence-electron chi connectivity index (χ0n) is 12.1. The van der Waals surface area contributed by atoms with Crippen LogP contribution in [0.5, 0.6) is 0 Å². The molecule has 18 heavy (non-hydrogen) atoms. The highest BCUT2D eigenvalue weighted by atomic mass is 16.3. The van der Waals surface area contributed by atoms with Crippen LogP contribution in [0.25, 0.3) is 6.08 Å². The Labute approximate surface area is 112 Å². The van der Waals surface area contributed by atoms with Gasteiger partial charge in [-0.25, -0.2) is 0 Å². The minimum absolute atomic E-state index is 0.536. The van der Waals surface area contributed by atoms with Crippen molar-refractivity contribution in [3.8, 4) is 0 Å². The first-order chi connectivity index (χ1) is 8.38. The summed E-state index contributed by atoms with van der Waals surface area (Å²) in [5.41, 5.74) is 2.11. The Kier molecular flexibility index (Phi) is 5.61. The van der Waals surface area contributed by atoms with Crippen molar-refractivity contribution in [2.45, 2.75) is 58.5 Å². The Bertz CT molecular complexity index is 383. The predicted octanol–water partition coefficient (Wildman–Crippen LogP) is 4.76. The Hall–Kier alpha value is -1.08. The van der Waals surface area contributed by atoms with Gasteiger partial charge in [0.15, 0.2) is 0 Å². The van der Waals surface area contributed by atoms with Crippen LogP contribution in [0.15, 0.2) is 30.3 Å². The Morgan fingerprint density at radius 1 is 1.28 bits per heavy atom. The van der Waals surface area contributed by atoms with Crippen LogP contribution < -0.4 is 0 Å². The molecule has 0 radical (unpaired) electrons. The average molecular weight is 246 g/mol. The van der Waals surface area contributed by atoms with Crippen LogP contribution in [-0.4, -0.2) is 10.7 Å². The normalized spacial score (nSPS) is 12.6. The second-order valence-electron chi connectivity index (χ2n) is 5.93. The van der Waals surface area contributed by atoms with Crippen molar-refractivity contribution in [3.63, 3.8) is 0 Å². The highest BCUT2D eigenvalue weighted by Gasteiger charge is 2.10. The zero-order chi connectivity index (χ0) is 13.6.